The van der Waals surface area contributed by atoms with E-state index in [1.807, 2.05) is 0 Å². The lowest BCUT2D eigenvalue weighted by atomic mass is 10.1. The maximum atomic E-state index is 11.2. The SMILES string of the molecule is O=S(=O)(O)c1ccc(-c2ncc(Cl)c(CCc3cc(C4CC4)n[nH]3)n2)s1. The Labute approximate surface area is 159 Å². The van der Waals surface area contributed by atoms with E-state index in [0.29, 0.717) is 33.8 Å². The summed E-state index contributed by atoms with van der Waals surface area (Å²) in [5.41, 5.74) is 2.83. The Hall–Kier alpha value is -1.81. The van der Waals surface area contributed by atoms with Gasteiger partial charge in [-0.05, 0) is 43.9 Å². The smallest absolute Gasteiger partial charge is 0.282 e. The largest absolute Gasteiger partial charge is 0.304 e. The highest BCUT2D eigenvalue weighted by molar-refractivity contribution is 7.88. The van der Waals surface area contributed by atoms with Gasteiger partial charge in [0.1, 0.15) is 4.21 Å². The molecule has 10 heteroatoms. The zero-order valence-electron chi connectivity index (χ0n) is 13.5. The van der Waals surface area contributed by atoms with Gasteiger partial charge in [0.05, 0.1) is 21.3 Å². The topological polar surface area (TPSA) is 109 Å². The molecule has 0 amide bonds. The Morgan fingerprint density at radius 3 is 2.81 bits per heavy atom. The van der Waals surface area contributed by atoms with Crippen LogP contribution in [0.15, 0.2) is 28.6 Å². The molecule has 0 saturated heterocycles. The van der Waals surface area contributed by atoms with Crippen molar-refractivity contribution < 1.29 is 13.0 Å². The van der Waals surface area contributed by atoms with Crippen LogP contribution in [-0.4, -0.2) is 33.1 Å². The maximum Gasteiger partial charge on any atom is 0.304 e. The van der Waals surface area contributed by atoms with Crippen molar-refractivity contribution in [2.24, 2.45) is 0 Å². The summed E-state index contributed by atoms with van der Waals surface area (Å²) in [4.78, 5) is 9.18. The fraction of sp³-hybridized carbons (Fsp3) is 0.312. The molecule has 1 aliphatic rings. The van der Waals surface area contributed by atoms with E-state index in [2.05, 4.69) is 26.2 Å². The number of halogens is 1. The molecule has 26 heavy (non-hydrogen) atoms. The Balaban J connectivity index is 1.52. The zero-order valence-corrected chi connectivity index (χ0v) is 15.9. The summed E-state index contributed by atoms with van der Waals surface area (Å²) < 4.78 is 31.4. The Morgan fingerprint density at radius 1 is 1.31 bits per heavy atom. The second-order valence-corrected chi connectivity index (χ2v) is 9.31. The second-order valence-electron chi connectivity index (χ2n) is 6.17. The van der Waals surface area contributed by atoms with Crippen molar-refractivity contribution in [3.8, 4) is 10.7 Å². The van der Waals surface area contributed by atoms with Crippen molar-refractivity contribution in [2.45, 2.75) is 35.8 Å². The van der Waals surface area contributed by atoms with E-state index in [4.69, 9.17) is 16.2 Å². The van der Waals surface area contributed by atoms with E-state index in [0.717, 1.165) is 29.1 Å². The third-order valence-electron chi connectivity index (χ3n) is 4.15. The molecule has 3 heterocycles. The maximum absolute atomic E-state index is 11.2. The minimum absolute atomic E-state index is 0.141. The molecule has 0 unspecified atom stereocenters. The highest BCUT2D eigenvalue weighted by Gasteiger charge is 2.26. The van der Waals surface area contributed by atoms with Gasteiger partial charge < -0.3 is 0 Å². The zero-order chi connectivity index (χ0) is 18.3. The first kappa shape index (κ1) is 17.6. The van der Waals surface area contributed by atoms with E-state index >= 15 is 0 Å². The molecule has 2 N–H and O–H groups in total. The average molecular weight is 411 g/mol. The first-order valence-corrected chi connectivity index (χ1v) is 10.7. The number of aromatic nitrogens is 4. The van der Waals surface area contributed by atoms with E-state index in [9.17, 15) is 8.42 Å². The molecule has 3 aromatic heterocycles. The Morgan fingerprint density at radius 2 is 2.12 bits per heavy atom. The van der Waals surface area contributed by atoms with Gasteiger partial charge in [-0.2, -0.15) is 13.5 Å². The minimum Gasteiger partial charge on any atom is -0.282 e. The minimum atomic E-state index is -4.23. The lowest BCUT2D eigenvalue weighted by Gasteiger charge is -2.04. The Kier molecular flexibility index (Phi) is 4.55. The molecule has 7 nitrogen and oxygen atoms in total. The molecule has 4 rings (SSSR count). The summed E-state index contributed by atoms with van der Waals surface area (Å²) in [6, 6.07) is 4.99. The highest BCUT2D eigenvalue weighted by Crippen LogP contribution is 2.39. The molecule has 1 saturated carbocycles. The van der Waals surface area contributed by atoms with E-state index in [-0.39, 0.29) is 4.21 Å². The van der Waals surface area contributed by atoms with Crippen LogP contribution in [0.4, 0.5) is 0 Å². The third kappa shape index (κ3) is 3.80. The molecule has 0 spiro atoms. The van der Waals surface area contributed by atoms with Crippen LogP contribution >= 0.6 is 22.9 Å². The molecule has 1 aliphatic carbocycles. The first-order chi connectivity index (χ1) is 12.4. The average Bonchev–Trinajstić information content (AvgIpc) is 3.12. The van der Waals surface area contributed by atoms with Crippen molar-refractivity contribution in [1.29, 1.82) is 0 Å². The number of H-pyrrole nitrogens is 1. The van der Waals surface area contributed by atoms with E-state index in [1.165, 1.54) is 25.1 Å². The first-order valence-electron chi connectivity index (χ1n) is 8.03. The highest BCUT2D eigenvalue weighted by atomic mass is 35.5. The number of hydrogen-bond donors (Lipinski definition) is 2. The summed E-state index contributed by atoms with van der Waals surface area (Å²) in [7, 11) is -4.23. The van der Waals surface area contributed by atoms with Crippen LogP contribution in [0.1, 0.15) is 35.8 Å². The quantitative estimate of drug-likeness (QED) is 0.602. The predicted molar refractivity (Wildman–Crippen MR) is 98.1 cm³/mol. The van der Waals surface area contributed by atoms with Gasteiger partial charge in [-0.1, -0.05) is 11.6 Å². The molecule has 0 atom stereocenters. The molecule has 0 radical (unpaired) electrons. The van der Waals surface area contributed by atoms with Crippen molar-refractivity contribution in [1.82, 2.24) is 20.2 Å². The third-order valence-corrected chi connectivity index (χ3v) is 6.87. The Bertz CT molecular complexity index is 1060. The van der Waals surface area contributed by atoms with Crippen LogP contribution < -0.4 is 0 Å². The molecule has 3 aromatic rings. The van der Waals surface area contributed by atoms with Gasteiger partial charge in [0.25, 0.3) is 0 Å². The van der Waals surface area contributed by atoms with Gasteiger partial charge in [-0.3, -0.25) is 9.65 Å². The lowest BCUT2D eigenvalue weighted by Crippen LogP contribution is -1.99. The fourth-order valence-electron chi connectivity index (χ4n) is 2.62. The summed E-state index contributed by atoms with van der Waals surface area (Å²) in [6.45, 7) is 0. The van der Waals surface area contributed by atoms with Crippen LogP contribution in [0.3, 0.4) is 0 Å². The van der Waals surface area contributed by atoms with Gasteiger partial charge in [0.15, 0.2) is 5.82 Å². The van der Waals surface area contributed by atoms with Crippen molar-refractivity contribution in [3.05, 3.63) is 46.5 Å². The van der Waals surface area contributed by atoms with Crippen LogP contribution in [0, 0.1) is 0 Å². The van der Waals surface area contributed by atoms with Crippen LogP contribution in [-0.2, 0) is 23.0 Å². The molecule has 0 bridgehead atoms. The van der Waals surface area contributed by atoms with Crippen molar-refractivity contribution >= 4 is 33.1 Å². The van der Waals surface area contributed by atoms with E-state index in [1.54, 1.807) is 6.07 Å². The monoisotopic (exact) mass is 410 g/mol. The molecule has 136 valence electrons. The number of thiophene rings is 1. The normalized spacial score (nSPS) is 14.7. The van der Waals surface area contributed by atoms with Crippen molar-refractivity contribution in [3.63, 3.8) is 0 Å². The summed E-state index contributed by atoms with van der Waals surface area (Å²) >= 11 is 7.12. The number of aryl methyl sites for hydroxylation is 2. The molecular weight excluding hydrogens is 396 g/mol. The number of hydrogen-bond acceptors (Lipinski definition) is 6. The number of nitrogens with zero attached hydrogens (tertiary/aromatic N) is 3. The van der Waals surface area contributed by atoms with Gasteiger partial charge >= 0.3 is 10.1 Å². The van der Waals surface area contributed by atoms with Crippen molar-refractivity contribution in [2.75, 3.05) is 0 Å². The van der Waals surface area contributed by atoms with Crippen LogP contribution in [0.25, 0.3) is 10.7 Å². The van der Waals surface area contributed by atoms with Crippen LogP contribution in [0.2, 0.25) is 5.02 Å². The summed E-state index contributed by atoms with van der Waals surface area (Å²) in [5.74, 6) is 0.984. The van der Waals surface area contributed by atoms with Gasteiger partial charge in [0.2, 0.25) is 0 Å². The molecule has 1 fully saturated rings. The number of aromatic amines is 1. The standard InChI is InChI=1S/C16H15ClN4O3S2/c17-11-8-18-16(14-5-6-15(25-14)26(22,23)24)19-12(11)4-3-10-7-13(21-20-10)9-1-2-9/h5-9H,1-4H2,(H,20,21)(H,22,23,24). The number of rotatable bonds is 6. The van der Waals surface area contributed by atoms with Crippen LogP contribution in [0.5, 0.6) is 0 Å². The molecule has 0 aromatic carbocycles. The van der Waals surface area contributed by atoms with Gasteiger partial charge in [-0.25, -0.2) is 9.97 Å². The fourth-order valence-corrected chi connectivity index (χ4v) is 4.42. The molecule has 0 aliphatic heterocycles. The summed E-state index contributed by atoms with van der Waals surface area (Å²) in [6.07, 6.45) is 5.25. The number of nitrogens with one attached hydrogen (secondary N) is 1. The van der Waals surface area contributed by atoms with Gasteiger partial charge in [-0.15, -0.1) is 11.3 Å². The van der Waals surface area contributed by atoms with Gasteiger partial charge in [0, 0.05) is 17.8 Å². The van der Waals surface area contributed by atoms with E-state index < -0.39 is 10.1 Å². The second kappa shape index (κ2) is 6.73. The summed E-state index contributed by atoms with van der Waals surface area (Å²) in [5, 5.41) is 7.85. The molecular formula is C16H15ClN4O3S2. The lowest BCUT2D eigenvalue weighted by molar-refractivity contribution is 0.485. The predicted octanol–water partition coefficient (Wildman–Crippen LogP) is 3.49.